The molecule has 0 saturated carbocycles. The first kappa shape index (κ1) is 46.2. The molecule has 280 valence electrons. The summed E-state index contributed by atoms with van der Waals surface area (Å²) in [6.45, 7) is 7.10. The van der Waals surface area contributed by atoms with Crippen molar-refractivity contribution in [1.29, 1.82) is 0 Å². The molecule has 2 heteroatoms. The summed E-state index contributed by atoms with van der Waals surface area (Å²) in [4.78, 5) is 12.3. The fraction of sp³-hybridized carbons (Fsp3) is 0.933. The van der Waals surface area contributed by atoms with E-state index in [0.717, 1.165) is 18.4 Å². The Labute approximate surface area is 297 Å². The molecule has 0 aromatic carbocycles. The largest absolute Gasteiger partial charge is 0.462 e. The van der Waals surface area contributed by atoms with Gasteiger partial charge in [0.05, 0.1) is 6.61 Å². The van der Waals surface area contributed by atoms with Crippen LogP contribution in [0.2, 0.25) is 0 Å². The molecule has 0 fully saturated rings. The maximum atomic E-state index is 12.3. The Morgan fingerprint density at radius 3 is 0.872 bits per heavy atom. The van der Waals surface area contributed by atoms with Gasteiger partial charge in [0.2, 0.25) is 0 Å². The van der Waals surface area contributed by atoms with E-state index in [4.69, 9.17) is 4.74 Å². The van der Waals surface area contributed by atoms with Crippen LogP contribution in [0.4, 0.5) is 0 Å². The predicted molar refractivity (Wildman–Crippen MR) is 212 cm³/mol. The highest BCUT2D eigenvalue weighted by Gasteiger charge is 2.05. The van der Waals surface area contributed by atoms with Gasteiger partial charge in [0.15, 0.2) is 0 Å². The lowest BCUT2D eigenvalue weighted by molar-refractivity contribution is -0.139. The minimum absolute atomic E-state index is 0.102. The van der Waals surface area contributed by atoms with Crippen molar-refractivity contribution in [1.82, 2.24) is 0 Å². The number of rotatable bonds is 40. The molecule has 0 radical (unpaired) electrons. The van der Waals surface area contributed by atoms with Gasteiger partial charge >= 0.3 is 5.97 Å². The van der Waals surface area contributed by atoms with Gasteiger partial charge in [-0.2, -0.15) is 0 Å². The minimum atomic E-state index is -0.102. The summed E-state index contributed by atoms with van der Waals surface area (Å²) in [5.41, 5.74) is 0.801. The number of hydrogen-bond acceptors (Lipinski definition) is 2. The van der Waals surface area contributed by atoms with Crippen LogP contribution in [0, 0.1) is 0 Å². The average Bonchev–Trinajstić information content (AvgIpc) is 3.08. The molecule has 0 amide bonds. The Morgan fingerprint density at radius 1 is 0.362 bits per heavy atom. The van der Waals surface area contributed by atoms with E-state index in [1.54, 1.807) is 0 Å². The van der Waals surface area contributed by atoms with Crippen LogP contribution in [0.1, 0.15) is 265 Å². The summed E-state index contributed by atoms with van der Waals surface area (Å²) in [5.74, 6) is -0.102. The molecular weight excluding hydrogens is 572 g/mol. The van der Waals surface area contributed by atoms with Crippen LogP contribution < -0.4 is 0 Å². The second-order valence-corrected chi connectivity index (χ2v) is 15.2. The standard InChI is InChI=1S/C45H88O2/c1-4-6-8-10-12-14-16-18-20-22-24-25-26-28-30-32-34-36-38-40-42-44(3)45(46)47-43-41-39-37-35-33-31-29-27-23-21-19-17-15-13-11-9-7-5-2/h42H,4-41,43H2,1-3H3. The van der Waals surface area contributed by atoms with Gasteiger partial charge in [0.25, 0.3) is 0 Å². The van der Waals surface area contributed by atoms with Gasteiger partial charge in [0, 0.05) is 5.57 Å². The zero-order chi connectivity index (χ0) is 34.1. The van der Waals surface area contributed by atoms with Gasteiger partial charge in [-0.25, -0.2) is 4.79 Å². The average molecular weight is 661 g/mol. The number of ether oxygens (including phenoxy) is 1. The fourth-order valence-electron chi connectivity index (χ4n) is 6.91. The highest BCUT2D eigenvalue weighted by molar-refractivity contribution is 5.87. The Hall–Kier alpha value is -0.790. The first-order valence-corrected chi connectivity index (χ1v) is 22.1. The van der Waals surface area contributed by atoms with Crippen LogP contribution in [0.5, 0.6) is 0 Å². The van der Waals surface area contributed by atoms with E-state index in [2.05, 4.69) is 19.9 Å². The van der Waals surface area contributed by atoms with Crippen molar-refractivity contribution >= 4 is 5.97 Å². The molecule has 0 spiro atoms. The van der Waals surface area contributed by atoms with E-state index in [1.807, 2.05) is 6.92 Å². The van der Waals surface area contributed by atoms with Gasteiger partial charge < -0.3 is 4.74 Å². The van der Waals surface area contributed by atoms with E-state index in [9.17, 15) is 4.79 Å². The molecule has 0 N–H and O–H groups in total. The van der Waals surface area contributed by atoms with Crippen molar-refractivity contribution < 1.29 is 9.53 Å². The molecule has 0 aliphatic heterocycles. The molecule has 0 aliphatic rings. The first-order valence-electron chi connectivity index (χ1n) is 22.1. The van der Waals surface area contributed by atoms with E-state index in [1.165, 1.54) is 231 Å². The number of carbonyl (C=O) groups excluding carboxylic acids is 1. The normalized spacial score (nSPS) is 11.9. The van der Waals surface area contributed by atoms with E-state index in [0.29, 0.717) is 6.61 Å². The van der Waals surface area contributed by atoms with Crippen molar-refractivity contribution in [2.45, 2.75) is 265 Å². The summed E-state index contributed by atoms with van der Waals surface area (Å²) in [6, 6.07) is 0. The predicted octanol–water partition coefficient (Wildman–Crippen LogP) is 16.3. The third-order valence-corrected chi connectivity index (χ3v) is 10.3. The number of allylic oxidation sites excluding steroid dienone is 1. The summed E-state index contributed by atoms with van der Waals surface area (Å²) in [6.07, 6.45) is 54.7. The summed E-state index contributed by atoms with van der Waals surface area (Å²) < 4.78 is 5.52. The molecule has 2 nitrogen and oxygen atoms in total. The minimum Gasteiger partial charge on any atom is -0.462 e. The molecular formula is C45H88O2. The quantitative estimate of drug-likeness (QED) is 0.0371. The molecule has 47 heavy (non-hydrogen) atoms. The topological polar surface area (TPSA) is 26.3 Å². The van der Waals surface area contributed by atoms with Crippen molar-refractivity contribution in [2.24, 2.45) is 0 Å². The second-order valence-electron chi connectivity index (χ2n) is 15.2. The molecule has 0 bridgehead atoms. The maximum Gasteiger partial charge on any atom is 0.333 e. The summed E-state index contributed by atoms with van der Waals surface area (Å²) >= 11 is 0. The summed E-state index contributed by atoms with van der Waals surface area (Å²) in [7, 11) is 0. The zero-order valence-electron chi connectivity index (χ0n) is 33.0. The van der Waals surface area contributed by atoms with Gasteiger partial charge in [-0.15, -0.1) is 0 Å². The monoisotopic (exact) mass is 661 g/mol. The molecule has 0 atom stereocenters. The van der Waals surface area contributed by atoms with Crippen LogP contribution >= 0.6 is 0 Å². The summed E-state index contributed by atoms with van der Waals surface area (Å²) in [5, 5.41) is 0. The molecule has 0 rings (SSSR count). The molecule has 0 aromatic heterocycles. The Bertz CT molecular complexity index is 623. The smallest absolute Gasteiger partial charge is 0.333 e. The highest BCUT2D eigenvalue weighted by atomic mass is 16.5. The molecule has 0 aromatic rings. The van der Waals surface area contributed by atoms with Crippen molar-refractivity contribution in [2.75, 3.05) is 6.61 Å². The Balaban J connectivity index is 3.31. The lowest BCUT2D eigenvalue weighted by Gasteiger charge is -2.06. The molecule has 0 saturated heterocycles. The SMILES string of the molecule is CCCCCCCCCCCCCCCCCCCCCC=C(C)C(=O)OCCCCCCCCCCCCCCCCCCCC. The Morgan fingerprint density at radius 2 is 0.596 bits per heavy atom. The molecule has 0 heterocycles. The Kier molecular flexibility index (Phi) is 40.7. The zero-order valence-corrected chi connectivity index (χ0v) is 33.0. The number of hydrogen-bond donors (Lipinski definition) is 0. The van der Waals surface area contributed by atoms with Crippen molar-refractivity contribution in [3.8, 4) is 0 Å². The third-order valence-electron chi connectivity index (χ3n) is 10.3. The molecule has 0 unspecified atom stereocenters. The van der Waals surface area contributed by atoms with Crippen LogP contribution in [-0.2, 0) is 9.53 Å². The van der Waals surface area contributed by atoms with E-state index >= 15 is 0 Å². The van der Waals surface area contributed by atoms with Crippen molar-refractivity contribution in [3.05, 3.63) is 11.6 Å². The fourth-order valence-corrected chi connectivity index (χ4v) is 6.91. The van der Waals surface area contributed by atoms with Crippen molar-refractivity contribution in [3.63, 3.8) is 0 Å². The number of esters is 1. The van der Waals surface area contributed by atoms with Crippen LogP contribution in [0.3, 0.4) is 0 Å². The molecule has 0 aliphatic carbocycles. The van der Waals surface area contributed by atoms with Gasteiger partial charge in [-0.1, -0.05) is 245 Å². The van der Waals surface area contributed by atoms with Crippen LogP contribution in [0.15, 0.2) is 11.6 Å². The van der Waals surface area contributed by atoms with E-state index in [-0.39, 0.29) is 5.97 Å². The van der Waals surface area contributed by atoms with Gasteiger partial charge in [-0.3, -0.25) is 0 Å². The maximum absolute atomic E-state index is 12.3. The van der Waals surface area contributed by atoms with Gasteiger partial charge in [-0.05, 0) is 26.2 Å². The van der Waals surface area contributed by atoms with E-state index < -0.39 is 0 Å². The third kappa shape index (κ3) is 39.5. The lowest BCUT2D eigenvalue weighted by Crippen LogP contribution is -2.07. The van der Waals surface area contributed by atoms with Gasteiger partial charge in [0.1, 0.15) is 0 Å². The lowest BCUT2D eigenvalue weighted by atomic mass is 10.0. The van der Waals surface area contributed by atoms with Crippen LogP contribution in [0.25, 0.3) is 0 Å². The number of unbranched alkanes of at least 4 members (excludes halogenated alkanes) is 36. The second kappa shape index (κ2) is 41.4. The first-order chi connectivity index (χ1) is 23.2. The highest BCUT2D eigenvalue weighted by Crippen LogP contribution is 2.17. The number of carbonyl (C=O) groups is 1. The van der Waals surface area contributed by atoms with Crippen LogP contribution in [-0.4, -0.2) is 12.6 Å².